The maximum absolute atomic E-state index is 14.3. The van der Waals surface area contributed by atoms with Crippen molar-refractivity contribution >= 4 is 35.3 Å². The highest BCUT2D eigenvalue weighted by Crippen LogP contribution is 2.42. The van der Waals surface area contributed by atoms with E-state index < -0.39 is 53.4 Å². The van der Waals surface area contributed by atoms with Crippen LogP contribution in [-0.2, 0) is 28.5 Å². The Hall–Kier alpha value is -3.57. The highest BCUT2D eigenvalue weighted by atomic mass is 35.5. The second-order valence-corrected chi connectivity index (χ2v) is 10.7. The summed E-state index contributed by atoms with van der Waals surface area (Å²) in [5.41, 5.74) is -0.370. The lowest BCUT2D eigenvalue weighted by atomic mass is 9.96. The molecule has 0 amide bonds. The number of hydrogen-bond donors (Lipinski definition) is 0. The summed E-state index contributed by atoms with van der Waals surface area (Å²) in [6, 6.07) is 8.21. The predicted octanol–water partition coefficient (Wildman–Crippen LogP) is 4.62. The molecule has 1 aromatic heterocycles. The minimum Gasteiger partial charge on any atom is -0.463 e. The molecular formula is C27H25ClF2N4O6S. The van der Waals surface area contributed by atoms with E-state index in [-0.39, 0.29) is 23.4 Å². The number of esters is 2. The van der Waals surface area contributed by atoms with Crippen LogP contribution in [0.25, 0.3) is 11.3 Å². The molecule has 0 saturated carbocycles. The number of nitriles is 1. The summed E-state index contributed by atoms with van der Waals surface area (Å²) >= 11 is 7.32. The smallest absolute Gasteiger partial charge is 0.303 e. The van der Waals surface area contributed by atoms with Crippen LogP contribution in [-0.4, -0.2) is 64.4 Å². The number of aromatic nitrogens is 3. The molecule has 14 heteroatoms. The number of carbonyl (C=O) groups excluding carboxylic acids is 2. The molecule has 2 aromatic carbocycles. The first kappa shape index (κ1) is 30.4. The Morgan fingerprint density at radius 1 is 1.17 bits per heavy atom. The molecule has 2 heterocycles. The molecule has 3 aromatic rings. The third kappa shape index (κ3) is 6.84. The first-order valence-electron chi connectivity index (χ1n) is 12.2. The van der Waals surface area contributed by atoms with E-state index in [9.17, 15) is 23.6 Å². The van der Waals surface area contributed by atoms with Gasteiger partial charge in [-0.1, -0.05) is 28.6 Å². The van der Waals surface area contributed by atoms with Crippen LogP contribution in [0.2, 0.25) is 5.02 Å². The Morgan fingerprint density at radius 2 is 1.88 bits per heavy atom. The average molecular weight is 607 g/mol. The van der Waals surface area contributed by atoms with Crippen molar-refractivity contribution in [2.24, 2.45) is 0 Å². The summed E-state index contributed by atoms with van der Waals surface area (Å²) in [5.74, 6) is -2.73. The number of ether oxygens (including phenoxy) is 4. The van der Waals surface area contributed by atoms with E-state index in [1.54, 1.807) is 18.2 Å². The molecule has 41 heavy (non-hydrogen) atoms. The summed E-state index contributed by atoms with van der Waals surface area (Å²) < 4.78 is 52.9. The second-order valence-electron chi connectivity index (χ2n) is 9.13. The van der Waals surface area contributed by atoms with Crippen molar-refractivity contribution in [3.63, 3.8) is 0 Å². The number of methoxy groups -OCH3 is 1. The van der Waals surface area contributed by atoms with Gasteiger partial charge in [0.25, 0.3) is 0 Å². The quantitative estimate of drug-likeness (QED) is 0.335. The Morgan fingerprint density at radius 3 is 2.49 bits per heavy atom. The third-order valence-corrected chi connectivity index (χ3v) is 7.78. The van der Waals surface area contributed by atoms with E-state index in [0.29, 0.717) is 15.5 Å². The van der Waals surface area contributed by atoms with E-state index in [2.05, 4.69) is 16.4 Å². The zero-order valence-corrected chi connectivity index (χ0v) is 23.9. The molecule has 0 radical (unpaired) electrons. The SMILES string of the molecule is CO[C@@H]1[C@@H](n2cc(-c3cc(F)c(C)c(F)c3)nn2)[C@@H](OC(C)=O)[C@@H](COC(C)=O)O[C@@H]1Sc1cc(Cl)ccc1C#N. The lowest BCUT2D eigenvalue weighted by Crippen LogP contribution is -2.57. The number of rotatable bonds is 8. The van der Waals surface area contributed by atoms with E-state index in [4.69, 9.17) is 30.5 Å². The summed E-state index contributed by atoms with van der Waals surface area (Å²) in [4.78, 5) is 24.3. The Kier molecular flexibility index (Phi) is 9.60. The van der Waals surface area contributed by atoms with Gasteiger partial charge in [-0.2, -0.15) is 5.26 Å². The molecule has 0 spiro atoms. The van der Waals surface area contributed by atoms with Crippen molar-refractivity contribution in [3.05, 3.63) is 64.3 Å². The van der Waals surface area contributed by atoms with Crippen LogP contribution in [0.3, 0.4) is 0 Å². The standard InChI is InChI=1S/C27H25ClF2N4O6S/c1-13-19(29)7-17(8-20(13)30)21-11-34(33-32-21)24-25(39-15(3)36)22(12-38-14(2)35)40-27(26(24)37-4)41-23-9-18(28)6-5-16(23)10-31/h5-9,11,22,24-27H,12H2,1-4H3/t22-,24+,25+,26-,27-/m1/s1. The molecule has 1 aliphatic rings. The molecule has 0 aliphatic carbocycles. The fraction of sp³-hybridized carbons (Fsp3) is 0.370. The largest absolute Gasteiger partial charge is 0.463 e. The van der Waals surface area contributed by atoms with Gasteiger partial charge in [-0.05, 0) is 37.3 Å². The van der Waals surface area contributed by atoms with Gasteiger partial charge in [0.1, 0.15) is 53.7 Å². The van der Waals surface area contributed by atoms with Gasteiger partial charge in [0, 0.05) is 42.0 Å². The van der Waals surface area contributed by atoms with Crippen LogP contribution in [0.15, 0.2) is 41.4 Å². The third-order valence-electron chi connectivity index (χ3n) is 6.34. The van der Waals surface area contributed by atoms with Gasteiger partial charge < -0.3 is 18.9 Å². The number of benzene rings is 2. The van der Waals surface area contributed by atoms with Crippen LogP contribution >= 0.6 is 23.4 Å². The second kappa shape index (κ2) is 12.9. The molecule has 0 N–H and O–H groups in total. The summed E-state index contributed by atoms with van der Waals surface area (Å²) in [7, 11) is 1.41. The maximum atomic E-state index is 14.3. The predicted molar refractivity (Wildman–Crippen MR) is 143 cm³/mol. The molecule has 10 nitrogen and oxygen atoms in total. The Labute approximate surface area is 243 Å². The summed E-state index contributed by atoms with van der Waals surface area (Å²) in [5, 5.41) is 18.3. The molecule has 5 atom stereocenters. The van der Waals surface area contributed by atoms with Gasteiger partial charge in [0.05, 0.1) is 11.8 Å². The molecule has 0 bridgehead atoms. The van der Waals surface area contributed by atoms with Gasteiger partial charge in [-0.25, -0.2) is 13.5 Å². The van der Waals surface area contributed by atoms with Gasteiger partial charge in [-0.15, -0.1) is 5.10 Å². The summed E-state index contributed by atoms with van der Waals surface area (Å²) in [6.07, 6.45) is -1.54. The van der Waals surface area contributed by atoms with Crippen molar-refractivity contribution in [1.82, 2.24) is 15.0 Å². The zero-order valence-electron chi connectivity index (χ0n) is 22.3. The first-order valence-corrected chi connectivity index (χ1v) is 13.5. The average Bonchev–Trinajstić information content (AvgIpc) is 3.40. The minimum atomic E-state index is -1.09. The Balaban J connectivity index is 1.80. The topological polar surface area (TPSA) is 126 Å². The molecular weight excluding hydrogens is 582 g/mol. The van der Waals surface area contributed by atoms with E-state index in [1.807, 2.05) is 0 Å². The van der Waals surface area contributed by atoms with Gasteiger partial charge >= 0.3 is 11.9 Å². The van der Waals surface area contributed by atoms with Crippen LogP contribution in [0.1, 0.15) is 31.0 Å². The summed E-state index contributed by atoms with van der Waals surface area (Å²) in [6.45, 7) is 3.46. The molecule has 4 rings (SSSR count). The fourth-order valence-corrected chi connectivity index (χ4v) is 5.90. The van der Waals surface area contributed by atoms with Crippen molar-refractivity contribution < 1.29 is 37.3 Å². The van der Waals surface area contributed by atoms with Crippen molar-refractivity contribution in [1.29, 1.82) is 5.26 Å². The highest BCUT2D eigenvalue weighted by molar-refractivity contribution is 7.99. The van der Waals surface area contributed by atoms with Gasteiger partial charge in [-0.3, -0.25) is 9.59 Å². The number of carbonyl (C=O) groups is 2. The fourth-order valence-electron chi connectivity index (χ4n) is 4.37. The van der Waals surface area contributed by atoms with Crippen LogP contribution < -0.4 is 0 Å². The normalized spacial score (nSPS) is 22.1. The number of hydrogen-bond acceptors (Lipinski definition) is 10. The zero-order chi connectivity index (χ0) is 29.8. The van der Waals surface area contributed by atoms with Crippen molar-refractivity contribution in [2.75, 3.05) is 13.7 Å². The maximum Gasteiger partial charge on any atom is 0.303 e. The van der Waals surface area contributed by atoms with Crippen LogP contribution in [0.5, 0.6) is 0 Å². The number of halogens is 3. The van der Waals surface area contributed by atoms with Crippen LogP contribution in [0, 0.1) is 29.9 Å². The van der Waals surface area contributed by atoms with Gasteiger partial charge in [0.15, 0.2) is 6.10 Å². The lowest BCUT2D eigenvalue weighted by molar-refractivity contribution is -0.208. The highest BCUT2D eigenvalue weighted by Gasteiger charge is 2.50. The molecule has 1 saturated heterocycles. The monoisotopic (exact) mass is 606 g/mol. The van der Waals surface area contributed by atoms with Crippen LogP contribution in [0.4, 0.5) is 8.78 Å². The van der Waals surface area contributed by atoms with Crippen molar-refractivity contribution in [3.8, 4) is 17.3 Å². The molecule has 1 aliphatic heterocycles. The minimum absolute atomic E-state index is 0.133. The Bertz CT molecular complexity index is 1480. The molecule has 0 unspecified atom stereocenters. The van der Waals surface area contributed by atoms with Crippen molar-refractivity contribution in [2.45, 2.75) is 55.5 Å². The van der Waals surface area contributed by atoms with E-state index in [1.165, 1.54) is 38.8 Å². The van der Waals surface area contributed by atoms with E-state index >= 15 is 0 Å². The number of nitrogens with zero attached hydrogens (tertiary/aromatic N) is 4. The first-order chi connectivity index (χ1) is 19.5. The lowest BCUT2D eigenvalue weighted by Gasteiger charge is -2.44. The van der Waals surface area contributed by atoms with E-state index in [0.717, 1.165) is 23.9 Å². The molecule has 216 valence electrons. The number of thioether (sulfide) groups is 1. The van der Waals surface area contributed by atoms with Gasteiger partial charge in [0.2, 0.25) is 0 Å². The molecule has 1 fully saturated rings.